The van der Waals surface area contributed by atoms with Crippen LogP contribution in [-0.2, 0) is 6.54 Å². The molecule has 0 bridgehead atoms. The summed E-state index contributed by atoms with van der Waals surface area (Å²) in [4.78, 5) is 6.87. The van der Waals surface area contributed by atoms with E-state index in [1.807, 2.05) is 12.4 Å². The molecule has 1 aromatic heterocycles. The topological polar surface area (TPSA) is 28.2 Å². The monoisotopic (exact) mass is 247 g/mol. The van der Waals surface area contributed by atoms with E-state index in [4.69, 9.17) is 0 Å². The van der Waals surface area contributed by atoms with Crippen molar-refractivity contribution in [2.75, 3.05) is 18.0 Å². The summed E-state index contributed by atoms with van der Waals surface area (Å²) in [6.45, 7) is 7.64. The van der Waals surface area contributed by atoms with Crippen LogP contribution in [0.1, 0.15) is 45.1 Å². The maximum absolute atomic E-state index is 4.32. The van der Waals surface area contributed by atoms with Gasteiger partial charge in [-0.15, -0.1) is 0 Å². The van der Waals surface area contributed by atoms with Gasteiger partial charge in [0.05, 0.1) is 11.9 Å². The van der Waals surface area contributed by atoms with Crippen molar-refractivity contribution in [3.8, 4) is 0 Å². The number of hydrogen-bond acceptors (Lipinski definition) is 3. The highest BCUT2D eigenvalue weighted by Gasteiger charge is 2.29. The fraction of sp³-hybridized carbons (Fsp3) is 0.667. The van der Waals surface area contributed by atoms with Crippen molar-refractivity contribution in [3.05, 3.63) is 24.0 Å². The normalized spacial score (nSPS) is 14.8. The van der Waals surface area contributed by atoms with E-state index in [1.165, 1.54) is 36.9 Å². The second-order valence-electron chi connectivity index (χ2n) is 5.11. The van der Waals surface area contributed by atoms with E-state index in [2.05, 4.69) is 35.1 Å². The average molecular weight is 247 g/mol. The highest BCUT2D eigenvalue weighted by atomic mass is 15.2. The summed E-state index contributed by atoms with van der Waals surface area (Å²) in [5.41, 5.74) is 2.73. The van der Waals surface area contributed by atoms with Crippen LogP contribution in [0.2, 0.25) is 0 Å². The molecule has 0 radical (unpaired) electrons. The highest BCUT2D eigenvalue weighted by molar-refractivity contribution is 5.53. The molecule has 0 atom stereocenters. The molecule has 0 saturated heterocycles. The summed E-state index contributed by atoms with van der Waals surface area (Å²) in [5, 5.41) is 3.49. The zero-order valence-corrected chi connectivity index (χ0v) is 11.7. The van der Waals surface area contributed by atoms with Gasteiger partial charge in [-0.3, -0.25) is 4.98 Å². The first kappa shape index (κ1) is 13.3. The third kappa shape index (κ3) is 3.45. The van der Waals surface area contributed by atoms with Crippen molar-refractivity contribution in [2.45, 2.75) is 52.1 Å². The summed E-state index contributed by atoms with van der Waals surface area (Å²) in [6, 6.07) is 2.92. The van der Waals surface area contributed by atoms with Crippen molar-refractivity contribution >= 4 is 5.69 Å². The molecule has 1 heterocycles. The summed E-state index contributed by atoms with van der Waals surface area (Å²) in [5.74, 6) is 0. The fourth-order valence-electron chi connectivity index (χ4n) is 2.35. The lowest BCUT2D eigenvalue weighted by Crippen LogP contribution is -2.28. The maximum Gasteiger partial charge on any atom is 0.0600 e. The first-order valence-electron chi connectivity index (χ1n) is 7.27. The molecule has 0 aromatic carbocycles. The second-order valence-corrected chi connectivity index (χ2v) is 5.11. The minimum absolute atomic E-state index is 0.763. The van der Waals surface area contributed by atoms with Gasteiger partial charge in [-0.25, -0.2) is 0 Å². The first-order valence-corrected chi connectivity index (χ1v) is 7.27. The van der Waals surface area contributed by atoms with Crippen LogP contribution in [0.3, 0.4) is 0 Å². The molecule has 3 heteroatoms. The molecule has 0 aliphatic heterocycles. The molecule has 18 heavy (non-hydrogen) atoms. The van der Waals surface area contributed by atoms with Gasteiger partial charge in [0.2, 0.25) is 0 Å². The van der Waals surface area contributed by atoms with Gasteiger partial charge in [0.1, 0.15) is 0 Å². The predicted molar refractivity (Wildman–Crippen MR) is 76.9 cm³/mol. The van der Waals surface area contributed by atoms with E-state index < -0.39 is 0 Å². The quantitative estimate of drug-likeness (QED) is 0.716. The van der Waals surface area contributed by atoms with E-state index in [1.54, 1.807) is 0 Å². The van der Waals surface area contributed by atoms with E-state index >= 15 is 0 Å². The molecule has 1 aromatic rings. The van der Waals surface area contributed by atoms with Crippen molar-refractivity contribution in [2.24, 2.45) is 0 Å². The van der Waals surface area contributed by atoms with Crippen LogP contribution in [0.15, 0.2) is 18.5 Å². The third-order valence-corrected chi connectivity index (χ3v) is 3.39. The van der Waals surface area contributed by atoms with E-state index in [9.17, 15) is 0 Å². The number of aromatic nitrogens is 1. The van der Waals surface area contributed by atoms with Crippen LogP contribution in [-0.4, -0.2) is 24.1 Å². The number of hydrogen-bond donors (Lipinski definition) is 1. The van der Waals surface area contributed by atoms with E-state index in [-0.39, 0.29) is 0 Å². The molecular weight excluding hydrogens is 222 g/mol. The third-order valence-electron chi connectivity index (χ3n) is 3.39. The Morgan fingerprint density at radius 3 is 2.83 bits per heavy atom. The van der Waals surface area contributed by atoms with Crippen LogP contribution in [0.5, 0.6) is 0 Å². The molecule has 2 rings (SSSR count). The van der Waals surface area contributed by atoms with Gasteiger partial charge in [-0.05, 0) is 43.9 Å². The molecule has 0 amide bonds. The Bertz CT molecular complexity index is 361. The van der Waals surface area contributed by atoms with Crippen molar-refractivity contribution < 1.29 is 0 Å². The smallest absolute Gasteiger partial charge is 0.0600 e. The molecule has 1 fully saturated rings. The number of rotatable bonds is 8. The van der Waals surface area contributed by atoms with Gasteiger partial charge in [0, 0.05) is 25.3 Å². The molecule has 1 N–H and O–H groups in total. The molecule has 1 saturated carbocycles. The summed E-state index contributed by atoms with van der Waals surface area (Å²) in [6.07, 6.45) is 9.02. The Balaban J connectivity index is 2.08. The summed E-state index contributed by atoms with van der Waals surface area (Å²) >= 11 is 0. The lowest BCUT2D eigenvalue weighted by atomic mass is 10.2. The first-order chi connectivity index (χ1) is 8.86. The van der Waals surface area contributed by atoms with Gasteiger partial charge in [-0.1, -0.05) is 13.8 Å². The van der Waals surface area contributed by atoms with E-state index in [0.29, 0.717) is 0 Å². The van der Waals surface area contributed by atoms with Crippen molar-refractivity contribution in [3.63, 3.8) is 0 Å². The van der Waals surface area contributed by atoms with Crippen LogP contribution in [0.25, 0.3) is 0 Å². The molecular formula is C15H25N3. The van der Waals surface area contributed by atoms with Crippen LogP contribution >= 0.6 is 0 Å². The van der Waals surface area contributed by atoms with Crippen LogP contribution in [0.4, 0.5) is 5.69 Å². The Labute approximate surface area is 111 Å². The second kappa shape index (κ2) is 6.74. The number of anilines is 1. The molecule has 0 spiro atoms. The summed E-state index contributed by atoms with van der Waals surface area (Å²) in [7, 11) is 0. The highest BCUT2D eigenvalue weighted by Crippen LogP contribution is 2.33. The van der Waals surface area contributed by atoms with E-state index in [0.717, 1.165) is 25.7 Å². The van der Waals surface area contributed by atoms with Gasteiger partial charge in [-0.2, -0.15) is 0 Å². The van der Waals surface area contributed by atoms with Gasteiger partial charge < -0.3 is 10.2 Å². The maximum atomic E-state index is 4.32. The van der Waals surface area contributed by atoms with Gasteiger partial charge in [0.25, 0.3) is 0 Å². The predicted octanol–water partition coefficient (Wildman–Crippen LogP) is 2.96. The van der Waals surface area contributed by atoms with Gasteiger partial charge in [0.15, 0.2) is 0 Å². The minimum atomic E-state index is 0.763. The average Bonchev–Trinajstić information content (AvgIpc) is 3.21. The van der Waals surface area contributed by atoms with Crippen molar-refractivity contribution in [1.29, 1.82) is 0 Å². The lowest BCUT2D eigenvalue weighted by Gasteiger charge is -2.26. The molecule has 3 nitrogen and oxygen atoms in total. The lowest BCUT2D eigenvalue weighted by molar-refractivity contribution is 0.668. The Morgan fingerprint density at radius 1 is 1.33 bits per heavy atom. The number of nitrogens with zero attached hydrogens (tertiary/aromatic N) is 2. The zero-order valence-electron chi connectivity index (χ0n) is 11.7. The number of pyridine rings is 1. The Kier molecular flexibility index (Phi) is 5.00. The van der Waals surface area contributed by atoms with Crippen molar-refractivity contribution in [1.82, 2.24) is 10.3 Å². The molecule has 1 aliphatic rings. The molecule has 1 aliphatic carbocycles. The minimum Gasteiger partial charge on any atom is -0.367 e. The Morgan fingerprint density at radius 2 is 2.17 bits per heavy atom. The fourth-order valence-corrected chi connectivity index (χ4v) is 2.35. The molecule has 100 valence electrons. The summed E-state index contributed by atoms with van der Waals surface area (Å²) < 4.78 is 0. The standard InChI is InChI=1S/C15H25N3/c1-3-8-16-11-13-7-9-17-12-15(13)18(10-4-2)14-5-6-14/h7,9,12,14,16H,3-6,8,10-11H2,1-2H3. The SMILES string of the molecule is CCCNCc1ccncc1N(CCC)C1CC1. The number of nitrogens with one attached hydrogen (secondary N) is 1. The van der Waals surface area contributed by atoms with Crippen LogP contribution in [0, 0.1) is 0 Å². The Hall–Kier alpha value is -1.09. The largest absolute Gasteiger partial charge is 0.367 e. The zero-order chi connectivity index (χ0) is 12.8. The van der Waals surface area contributed by atoms with Crippen LogP contribution < -0.4 is 10.2 Å². The van der Waals surface area contributed by atoms with Gasteiger partial charge >= 0.3 is 0 Å². The molecule has 0 unspecified atom stereocenters.